The lowest BCUT2D eigenvalue weighted by Crippen LogP contribution is -2.06. The molecule has 3 aromatic heterocycles. The number of carbonyl (C=O) groups excluding carboxylic acids is 1. The molecule has 3 heterocycles. The van der Waals surface area contributed by atoms with Crippen molar-refractivity contribution in [2.75, 3.05) is 0 Å². The number of thiophene rings is 2. The number of hydrogen-bond acceptors (Lipinski definition) is 7. The van der Waals surface area contributed by atoms with Gasteiger partial charge in [-0.25, -0.2) is 4.79 Å². The van der Waals surface area contributed by atoms with Crippen LogP contribution in [0.25, 0.3) is 23.1 Å². The zero-order chi connectivity index (χ0) is 18.5. The number of ether oxygens (including phenoxy) is 1. The van der Waals surface area contributed by atoms with E-state index in [0.29, 0.717) is 11.5 Å². The van der Waals surface area contributed by atoms with Crippen LogP contribution in [0, 0.1) is 0 Å². The largest absolute Gasteiger partial charge is 0.452 e. The van der Waals surface area contributed by atoms with Gasteiger partial charge in [-0.1, -0.05) is 30.3 Å². The molecule has 0 atom stereocenters. The van der Waals surface area contributed by atoms with Gasteiger partial charge in [0.2, 0.25) is 5.89 Å². The van der Waals surface area contributed by atoms with Crippen molar-refractivity contribution in [2.24, 2.45) is 0 Å². The molecular weight excluding hydrogens is 380 g/mol. The van der Waals surface area contributed by atoms with Gasteiger partial charge in [-0.3, -0.25) is 0 Å². The highest BCUT2D eigenvalue weighted by atomic mass is 32.1. The summed E-state index contributed by atoms with van der Waals surface area (Å²) in [5.41, 5.74) is 1.33. The molecule has 4 aromatic rings. The Bertz CT molecular complexity index is 1040. The third-order valence-corrected chi connectivity index (χ3v) is 5.37. The predicted molar refractivity (Wildman–Crippen MR) is 106 cm³/mol. The molecule has 0 amide bonds. The number of rotatable bonds is 6. The first-order valence-corrected chi connectivity index (χ1v) is 9.89. The van der Waals surface area contributed by atoms with E-state index in [1.807, 2.05) is 71.4 Å². The predicted octanol–water partition coefficient (Wildman–Crippen LogP) is 5.14. The van der Waals surface area contributed by atoms with Crippen LogP contribution in [0.1, 0.15) is 15.6 Å². The molecule has 0 bridgehead atoms. The Morgan fingerprint density at radius 2 is 1.81 bits per heavy atom. The van der Waals surface area contributed by atoms with Crippen LogP contribution < -0.4 is 0 Å². The van der Waals surface area contributed by atoms with E-state index >= 15 is 0 Å². The molecule has 0 radical (unpaired) electrons. The summed E-state index contributed by atoms with van der Waals surface area (Å²) in [6.45, 7) is -0.0776. The molecule has 4 rings (SSSR count). The van der Waals surface area contributed by atoms with Gasteiger partial charge < -0.3 is 9.15 Å². The number of benzene rings is 1. The standard InChI is InChI=1S/C20H14N2O3S2/c23-20(16(17-9-5-11-27-17)12-15-8-4-10-26-15)24-13-18-21-22-19(25-18)14-6-2-1-3-7-14/h1-12H,13H2/b16-12+. The summed E-state index contributed by atoms with van der Waals surface area (Å²) in [6, 6.07) is 17.1. The van der Waals surface area contributed by atoms with E-state index in [1.54, 1.807) is 11.3 Å². The second kappa shape index (κ2) is 8.11. The number of esters is 1. The third kappa shape index (κ3) is 4.21. The van der Waals surface area contributed by atoms with Crippen molar-refractivity contribution in [3.05, 3.63) is 81.0 Å². The summed E-state index contributed by atoms with van der Waals surface area (Å²) in [5, 5.41) is 11.8. The molecule has 0 N–H and O–H groups in total. The van der Waals surface area contributed by atoms with Crippen molar-refractivity contribution in [2.45, 2.75) is 6.61 Å². The van der Waals surface area contributed by atoms with E-state index in [4.69, 9.17) is 9.15 Å². The smallest absolute Gasteiger partial charge is 0.340 e. The lowest BCUT2D eigenvalue weighted by molar-refractivity contribution is -0.138. The molecule has 27 heavy (non-hydrogen) atoms. The average molecular weight is 394 g/mol. The molecule has 5 nitrogen and oxygen atoms in total. The van der Waals surface area contributed by atoms with Crippen molar-refractivity contribution in [3.8, 4) is 11.5 Å². The van der Waals surface area contributed by atoms with Crippen molar-refractivity contribution in [1.82, 2.24) is 10.2 Å². The van der Waals surface area contributed by atoms with E-state index in [9.17, 15) is 4.79 Å². The van der Waals surface area contributed by atoms with Crippen molar-refractivity contribution >= 4 is 40.3 Å². The van der Waals surface area contributed by atoms with Crippen LogP contribution in [0.5, 0.6) is 0 Å². The van der Waals surface area contributed by atoms with Gasteiger partial charge in [-0.15, -0.1) is 32.9 Å². The van der Waals surface area contributed by atoms with E-state index in [-0.39, 0.29) is 12.5 Å². The van der Waals surface area contributed by atoms with Gasteiger partial charge in [0.25, 0.3) is 5.89 Å². The summed E-state index contributed by atoms with van der Waals surface area (Å²) in [4.78, 5) is 14.5. The topological polar surface area (TPSA) is 65.2 Å². The summed E-state index contributed by atoms with van der Waals surface area (Å²) < 4.78 is 11.0. The van der Waals surface area contributed by atoms with E-state index < -0.39 is 5.97 Å². The molecule has 0 aliphatic carbocycles. The molecule has 0 unspecified atom stereocenters. The Balaban J connectivity index is 1.48. The minimum absolute atomic E-state index is 0.0776. The Morgan fingerprint density at radius 1 is 1.00 bits per heavy atom. The van der Waals surface area contributed by atoms with Gasteiger partial charge in [0.1, 0.15) is 0 Å². The van der Waals surface area contributed by atoms with Crippen LogP contribution >= 0.6 is 22.7 Å². The summed E-state index contributed by atoms with van der Waals surface area (Å²) in [6.07, 6.45) is 1.84. The Kier molecular flexibility index (Phi) is 5.22. The second-order valence-corrected chi connectivity index (χ2v) is 7.42. The number of aromatic nitrogens is 2. The zero-order valence-corrected chi connectivity index (χ0v) is 15.7. The fourth-order valence-electron chi connectivity index (χ4n) is 2.39. The first kappa shape index (κ1) is 17.4. The van der Waals surface area contributed by atoms with Gasteiger partial charge in [0.15, 0.2) is 6.61 Å². The normalized spacial score (nSPS) is 11.5. The molecule has 0 fully saturated rings. The highest BCUT2D eigenvalue weighted by molar-refractivity contribution is 7.12. The van der Waals surface area contributed by atoms with Crippen LogP contribution in [-0.4, -0.2) is 16.2 Å². The van der Waals surface area contributed by atoms with E-state index in [2.05, 4.69) is 10.2 Å². The van der Waals surface area contributed by atoms with Gasteiger partial charge in [-0.2, -0.15) is 0 Å². The first-order valence-electron chi connectivity index (χ1n) is 8.13. The highest BCUT2D eigenvalue weighted by Crippen LogP contribution is 2.26. The minimum Gasteiger partial charge on any atom is -0.452 e. The van der Waals surface area contributed by atoms with Gasteiger partial charge in [0.05, 0.1) is 5.57 Å². The molecular formula is C20H14N2O3S2. The van der Waals surface area contributed by atoms with Gasteiger partial charge >= 0.3 is 5.97 Å². The fraction of sp³-hybridized carbons (Fsp3) is 0.0500. The monoisotopic (exact) mass is 394 g/mol. The fourth-order valence-corrected chi connectivity index (χ4v) is 3.78. The summed E-state index contributed by atoms with van der Waals surface area (Å²) in [5.74, 6) is 0.225. The van der Waals surface area contributed by atoms with Crippen LogP contribution in [0.3, 0.4) is 0 Å². The first-order chi connectivity index (χ1) is 13.3. The third-order valence-electron chi connectivity index (χ3n) is 3.65. The average Bonchev–Trinajstić information content (AvgIpc) is 3.47. The minimum atomic E-state index is -0.426. The van der Waals surface area contributed by atoms with Crippen LogP contribution in [0.2, 0.25) is 0 Å². The van der Waals surface area contributed by atoms with Crippen LogP contribution in [0.4, 0.5) is 0 Å². The lowest BCUT2D eigenvalue weighted by atomic mass is 10.2. The molecule has 0 spiro atoms. The molecule has 134 valence electrons. The second-order valence-electron chi connectivity index (χ2n) is 5.49. The Labute approximate surface area is 163 Å². The van der Waals surface area contributed by atoms with Gasteiger partial charge in [-0.05, 0) is 41.1 Å². The maximum absolute atomic E-state index is 12.6. The quantitative estimate of drug-likeness (QED) is 0.334. The Morgan fingerprint density at radius 3 is 2.56 bits per heavy atom. The molecule has 0 aliphatic heterocycles. The Hall–Kier alpha value is -3.03. The van der Waals surface area contributed by atoms with E-state index in [1.165, 1.54) is 11.3 Å². The molecule has 0 saturated carbocycles. The number of carbonyl (C=O) groups is 1. The molecule has 7 heteroatoms. The number of nitrogens with zero attached hydrogens (tertiary/aromatic N) is 2. The zero-order valence-electron chi connectivity index (χ0n) is 14.1. The molecule has 1 aromatic carbocycles. The summed E-state index contributed by atoms with van der Waals surface area (Å²) >= 11 is 3.05. The van der Waals surface area contributed by atoms with Crippen molar-refractivity contribution in [3.63, 3.8) is 0 Å². The number of hydrogen-bond donors (Lipinski definition) is 0. The maximum Gasteiger partial charge on any atom is 0.340 e. The SMILES string of the molecule is O=C(OCc1nnc(-c2ccccc2)o1)/C(=C/c1cccs1)c1cccs1. The highest BCUT2D eigenvalue weighted by Gasteiger charge is 2.17. The van der Waals surface area contributed by atoms with Crippen molar-refractivity contribution in [1.29, 1.82) is 0 Å². The van der Waals surface area contributed by atoms with E-state index in [0.717, 1.165) is 15.3 Å². The lowest BCUT2D eigenvalue weighted by Gasteiger charge is -2.05. The van der Waals surface area contributed by atoms with Crippen LogP contribution in [-0.2, 0) is 16.1 Å². The van der Waals surface area contributed by atoms with Gasteiger partial charge in [0, 0.05) is 15.3 Å². The maximum atomic E-state index is 12.6. The van der Waals surface area contributed by atoms with Crippen LogP contribution in [0.15, 0.2) is 69.8 Å². The van der Waals surface area contributed by atoms with Crippen molar-refractivity contribution < 1.29 is 13.9 Å². The molecule has 0 aliphatic rings. The summed E-state index contributed by atoms with van der Waals surface area (Å²) in [7, 11) is 0. The molecule has 0 saturated heterocycles.